The van der Waals surface area contributed by atoms with Crippen LogP contribution in [0.1, 0.15) is 32.6 Å². The van der Waals surface area contributed by atoms with Gasteiger partial charge in [0.15, 0.2) is 0 Å². The average molecular weight is 240 g/mol. The van der Waals surface area contributed by atoms with E-state index in [-0.39, 0.29) is 0 Å². The highest BCUT2D eigenvalue weighted by Crippen LogP contribution is 2.28. The smallest absolute Gasteiger partial charge is 0.224 e. The van der Waals surface area contributed by atoms with E-state index in [4.69, 9.17) is 11.6 Å². The Labute approximate surface area is 102 Å². The third-order valence-electron chi connectivity index (χ3n) is 3.43. The molecule has 0 amide bonds. The van der Waals surface area contributed by atoms with Gasteiger partial charge in [-0.25, -0.2) is 9.97 Å². The largest absolute Gasteiger partial charge is 0.357 e. The van der Waals surface area contributed by atoms with E-state index in [2.05, 4.69) is 28.8 Å². The minimum atomic E-state index is 0.327. The van der Waals surface area contributed by atoms with Crippen molar-refractivity contribution >= 4 is 17.4 Å². The molecule has 16 heavy (non-hydrogen) atoms. The van der Waals surface area contributed by atoms with Crippen molar-refractivity contribution in [1.82, 2.24) is 9.97 Å². The van der Waals surface area contributed by atoms with E-state index in [1.165, 1.54) is 25.7 Å². The molecule has 1 saturated carbocycles. The van der Waals surface area contributed by atoms with E-state index < -0.39 is 0 Å². The molecule has 1 aliphatic rings. The van der Waals surface area contributed by atoms with E-state index in [1.54, 1.807) is 6.20 Å². The molecule has 1 aromatic rings. The van der Waals surface area contributed by atoms with Crippen molar-refractivity contribution in [3.8, 4) is 0 Å². The van der Waals surface area contributed by atoms with E-state index >= 15 is 0 Å². The Morgan fingerprint density at radius 3 is 2.94 bits per heavy atom. The molecule has 3 nitrogen and oxygen atoms in total. The van der Waals surface area contributed by atoms with Gasteiger partial charge in [0.25, 0.3) is 0 Å². The Hall–Kier alpha value is -0.830. The molecule has 0 spiro atoms. The summed E-state index contributed by atoms with van der Waals surface area (Å²) in [6, 6.07) is 2.51. The summed E-state index contributed by atoms with van der Waals surface area (Å²) in [4.78, 5) is 10.4. The molecule has 0 bridgehead atoms. The van der Waals surface area contributed by atoms with E-state index in [0.717, 1.165) is 11.7 Å². The van der Waals surface area contributed by atoms with Gasteiger partial charge in [-0.1, -0.05) is 19.8 Å². The van der Waals surface area contributed by atoms with Crippen LogP contribution in [0.5, 0.6) is 0 Å². The standard InChI is InChI=1S/C12H18ClN3/c1-9-4-3-5-10(8-9)16(2)11-6-7-14-12(13)15-11/h6-7,9-10H,3-5,8H2,1-2H3. The van der Waals surface area contributed by atoms with Crippen LogP contribution in [0.4, 0.5) is 5.82 Å². The molecule has 0 aromatic carbocycles. The molecular formula is C12H18ClN3. The van der Waals surface area contributed by atoms with E-state index in [0.29, 0.717) is 11.3 Å². The van der Waals surface area contributed by atoms with Crippen LogP contribution in [0.25, 0.3) is 0 Å². The van der Waals surface area contributed by atoms with Crippen molar-refractivity contribution in [1.29, 1.82) is 0 Å². The zero-order valence-electron chi connectivity index (χ0n) is 9.86. The van der Waals surface area contributed by atoms with Crippen molar-refractivity contribution in [2.24, 2.45) is 5.92 Å². The van der Waals surface area contributed by atoms with Crippen LogP contribution in [0.15, 0.2) is 12.3 Å². The Bertz CT molecular complexity index is 356. The minimum Gasteiger partial charge on any atom is -0.357 e. The van der Waals surface area contributed by atoms with Crippen LogP contribution in [-0.2, 0) is 0 Å². The van der Waals surface area contributed by atoms with Gasteiger partial charge in [-0.05, 0) is 36.4 Å². The van der Waals surface area contributed by atoms with Gasteiger partial charge in [-0.2, -0.15) is 0 Å². The van der Waals surface area contributed by atoms with Gasteiger partial charge in [0, 0.05) is 19.3 Å². The molecule has 2 unspecified atom stereocenters. The fourth-order valence-electron chi connectivity index (χ4n) is 2.46. The van der Waals surface area contributed by atoms with Crippen LogP contribution in [-0.4, -0.2) is 23.1 Å². The van der Waals surface area contributed by atoms with Gasteiger partial charge in [-0.15, -0.1) is 0 Å². The molecule has 1 fully saturated rings. The number of hydrogen-bond acceptors (Lipinski definition) is 3. The minimum absolute atomic E-state index is 0.327. The summed E-state index contributed by atoms with van der Waals surface area (Å²) in [6.07, 6.45) is 6.89. The molecule has 2 rings (SSSR count). The van der Waals surface area contributed by atoms with Crippen LogP contribution < -0.4 is 4.90 Å². The maximum atomic E-state index is 5.81. The molecule has 88 valence electrons. The first-order chi connectivity index (χ1) is 7.66. The van der Waals surface area contributed by atoms with Crippen LogP contribution >= 0.6 is 11.6 Å². The number of hydrogen-bond donors (Lipinski definition) is 0. The van der Waals surface area contributed by atoms with Gasteiger partial charge in [0.1, 0.15) is 5.82 Å². The second kappa shape index (κ2) is 5.00. The van der Waals surface area contributed by atoms with E-state index in [9.17, 15) is 0 Å². The topological polar surface area (TPSA) is 29.0 Å². The zero-order valence-corrected chi connectivity index (χ0v) is 10.6. The summed E-state index contributed by atoms with van der Waals surface area (Å²) in [6.45, 7) is 2.33. The first-order valence-electron chi connectivity index (χ1n) is 5.88. The highest BCUT2D eigenvalue weighted by atomic mass is 35.5. The predicted octanol–water partition coefficient (Wildman–Crippen LogP) is 3.14. The van der Waals surface area contributed by atoms with Crippen LogP contribution in [0.2, 0.25) is 5.28 Å². The molecule has 0 saturated heterocycles. The third kappa shape index (κ3) is 2.64. The SMILES string of the molecule is CC1CCCC(N(C)c2ccnc(Cl)n2)C1. The molecule has 0 radical (unpaired) electrons. The molecule has 1 aliphatic carbocycles. The Balaban J connectivity index is 2.09. The second-order valence-corrected chi connectivity index (χ2v) is 5.06. The summed E-state index contributed by atoms with van der Waals surface area (Å²) >= 11 is 5.81. The predicted molar refractivity (Wildman–Crippen MR) is 66.9 cm³/mol. The molecule has 4 heteroatoms. The molecule has 2 atom stereocenters. The number of aromatic nitrogens is 2. The summed E-state index contributed by atoms with van der Waals surface area (Å²) in [5, 5.41) is 0.327. The second-order valence-electron chi connectivity index (χ2n) is 4.72. The summed E-state index contributed by atoms with van der Waals surface area (Å²) in [5.74, 6) is 1.75. The lowest BCUT2D eigenvalue weighted by molar-refractivity contribution is 0.335. The first-order valence-corrected chi connectivity index (χ1v) is 6.26. The van der Waals surface area contributed by atoms with Gasteiger partial charge < -0.3 is 4.90 Å². The van der Waals surface area contributed by atoms with Crippen molar-refractivity contribution in [2.75, 3.05) is 11.9 Å². The van der Waals surface area contributed by atoms with Gasteiger partial charge >= 0.3 is 0 Å². The van der Waals surface area contributed by atoms with Crippen molar-refractivity contribution in [3.63, 3.8) is 0 Å². The van der Waals surface area contributed by atoms with Gasteiger partial charge in [0.2, 0.25) is 5.28 Å². The quantitative estimate of drug-likeness (QED) is 0.743. The molecule has 1 heterocycles. The van der Waals surface area contributed by atoms with E-state index in [1.807, 2.05) is 6.07 Å². The molecule has 1 aromatic heterocycles. The highest BCUT2D eigenvalue weighted by Gasteiger charge is 2.23. The maximum absolute atomic E-state index is 5.81. The summed E-state index contributed by atoms with van der Waals surface area (Å²) < 4.78 is 0. The average Bonchev–Trinajstić information content (AvgIpc) is 2.28. The summed E-state index contributed by atoms with van der Waals surface area (Å²) in [7, 11) is 2.10. The number of nitrogens with zero attached hydrogens (tertiary/aromatic N) is 3. The number of anilines is 1. The Morgan fingerprint density at radius 2 is 2.25 bits per heavy atom. The number of halogens is 1. The van der Waals surface area contributed by atoms with Crippen LogP contribution in [0, 0.1) is 5.92 Å². The third-order valence-corrected chi connectivity index (χ3v) is 3.61. The van der Waals surface area contributed by atoms with Crippen molar-refractivity contribution in [3.05, 3.63) is 17.5 Å². The maximum Gasteiger partial charge on any atom is 0.224 e. The van der Waals surface area contributed by atoms with Crippen LogP contribution in [0.3, 0.4) is 0 Å². The lowest BCUT2D eigenvalue weighted by Gasteiger charge is -2.34. The first kappa shape index (κ1) is 11.6. The fourth-order valence-corrected chi connectivity index (χ4v) is 2.61. The Morgan fingerprint density at radius 1 is 1.44 bits per heavy atom. The zero-order chi connectivity index (χ0) is 11.5. The lowest BCUT2D eigenvalue weighted by atomic mass is 9.86. The summed E-state index contributed by atoms with van der Waals surface area (Å²) in [5.41, 5.74) is 0. The molecule has 0 aliphatic heterocycles. The highest BCUT2D eigenvalue weighted by molar-refractivity contribution is 6.28. The Kier molecular flexibility index (Phi) is 3.64. The molecular weight excluding hydrogens is 222 g/mol. The lowest BCUT2D eigenvalue weighted by Crippen LogP contribution is -2.36. The van der Waals surface area contributed by atoms with Crippen molar-refractivity contribution < 1.29 is 0 Å². The van der Waals surface area contributed by atoms with Gasteiger partial charge in [0.05, 0.1) is 0 Å². The molecule has 0 N–H and O–H groups in total. The fraction of sp³-hybridized carbons (Fsp3) is 0.667. The van der Waals surface area contributed by atoms with Crippen molar-refractivity contribution in [2.45, 2.75) is 38.6 Å². The normalized spacial score (nSPS) is 25.4. The van der Waals surface area contributed by atoms with Gasteiger partial charge in [-0.3, -0.25) is 0 Å². The number of rotatable bonds is 2. The monoisotopic (exact) mass is 239 g/mol.